The van der Waals surface area contributed by atoms with Gasteiger partial charge in [0.05, 0.1) is 21.4 Å². The lowest BCUT2D eigenvalue weighted by molar-refractivity contribution is 0.301. The second-order valence-electron chi connectivity index (χ2n) is 5.94. The van der Waals surface area contributed by atoms with E-state index in [1.54, 1.807) is 0 Å². The molecule has 0 saturated carbocycles. The molecular formula is C17H19NOS. The van der Waals surface area contributed by atoms with Crippen LogP contribution in [0.4, 0.5) is 0 Å². The van der Waals surface area contributed by atoms with Gasteiger partial charge in [0.2, 0.25) is 0 Å². The highest BCUT2D eigenvalue weighted by Crippen LogP contribution is 2.40. The average molecular weight is 285 g/mol. The summed E-state index contributed by atoms with van der Waals surface area (Å²) in [6, 6.07) is 18.8. The number of nitrogens with zero attached hydrogens (tertiary/aromatic N) is 1. The topological polar surface area (TPSA) is 21.6 Å². The molecule has 0 radical (unpaired) electrons. The van der Waals surface area contributed by atoms with Crippen LogP contribution >= 0.6 is 0 Å². The molecule has 0 saturated heterocycles. The summed E-state index contributed by atoms with van der Waals surface area (Å²) in [5, 5.41) is 0. The maximum Gasteiger partial charge on any atom is 0.125 e. The van der Waals surface area contributed by atoms with Crippen molar-refractivity contribution in [1.82, 2.24) is 0 Å². The van der Waals surface area contributed by atoms with Gasteiger partial charge in [-0.2, -0.15) is 0 Å². The number of hydrogen-bond donors (Lipinski definition) is 0. The molecule has 0 amide bonds. The first kappa shape index (κ1) is 13.5. The van der Waals surface area contributed by atoms with Crippen LogP contribution in [0.5, 0.6) is 0 Å². The van der Waals surface area contributed by atoms with E-state index in [2.05, 4.69) is 69.3 Å². The number of benzene rings is 2. The molecular weight excluding hydrogens is 266 g/mol. The van der Waals surface area contributed by atoms with Gasteiger partial charge in [-0.3, -0.25) is 4.18 Å². The fourth-order valence-corrected chi connectivity index (χ4v) is 3.94. The third kappa shape index (κ3) is 2.69. The molecule has 20 heavy (non-hydrogen) atoms. The van der Waals surface area contributed by atoms with Crippen molar-refractivity contribution in [3.8, 4) is 0 Å². The average Bonchev–Trinajstić information content (AvgIpc) is 2.77. The predicted octanol–water partition coefficient (Wildman–Crippen LogP) is 4.68. The zero-order valence-electron chi connectivity index (χ0n) is 12.0. The second kappa shape index (κ2) is 5.15. The van der Waals surface area contributed by atoms with E-state index in [9.17, 15) is 0 Å². The molecule has 1 heterocycles. The molecule has 0 N–H and O–H groups in total. The Bertz CT molecular complexity index is 644. The van der Waals surface area contributed by atoms with Crippen LogP contribution < -0.4 is 0 Å². The van der Waals surface area contributed by atoms with Crippen molar-refractivity contribution in [2.75, 3.05) is 0 Å². The Labute approximate surface area is 123 Å². The minimum absolute atomic E-state index is 0.00170. The molecule has 3 heteroatoms. The van der Waals surface area contributed by atoms with Crippen LogP contribution in [0.25, 0.3) is 0 Å². The molecule has 0 bridgehead atoms. The van der Waals surface area contributed by atoms with E-state index in [4.69, 9.17) is 8.55 Å². The molecule has 1 aliphatic heterocycles. The Kier molecular flexibility index (Phi) is 3.48. The van der Waals surface area contributed by atoms with E-state index < -0.39 is 11.0 Å². The summed E-state index contributed by atoms with van der Waals surface area (Å²) >= 11 is 0. The van der Waals surface area contributed by atoms with Crippen molar-refractivity contribution < 1.29 is 4.18 Å². The zero-order chi connectivity index (χ0) is 14.2. The third-order valence-corrected chi connectivity index (χ3v) is 4.87. The van der Waals surface area contributed by atoms with Crippen molar-refractivity contribution in [2.45, 2.75) is 37.3 Å². The first-order valence-electron chi connectivity index (χ1n) is 6.83. The van der Waals surface area contributed by atoms with Gasteiger partial charge in [-0.15, -0.1) is 0 Å². The highest BCUT2D eigenvalue weighted by molar-refractivity contribution is 7.83. The zero-order valence-corrected chi connectivity index (χ0v) is 12.9. The normalized spacial score (nSPS) is 21.9. The Balaban J connectivity index is 2.08. The molecule has 0 fully saturated rings. The molecule has 2 aromatic rings. The Morgan fingerprint density at radius 3 is 2.30 bits per heavy atom. The second-order valence-corrected chi connectivity index (χ2v) is 7.25. The van der Waals surface area contributed by atoms with Gasteiger partial charge >= 0.3 is 0 Å². The van der Waals surface area contributed by atoms with E-state index in [-0.39, 0.29) is 11.6 Å². The van der Waals surface area contributed by atoms with E-state index in [1.807, 2.05) is 6.07 Å². The van der Waals surface area contributed by atoms with Crippen LogP contribution in [0.1, 0.15) is 38.0 Å². The molecule has 0 aliphatic carbocycles. The molecule has 104 valence electrons. The van der Waals surface area contributed by atoms with Crippen molar-refractivity contribution in [3.05, 3.63) is 65.7 Å². The number of rotatable bonds is 1. The van der Waals surface area contributed by atoms with Crippen LogP contribution in [-0.4, -0.2) is 5.54 Å². The van der Waals surface area contributed by atoms with Crippen LogP contribution in [0.15, 0.2) is 63.9 Å². The first-order chi connectivity index (χ1) is 9.54. The van der Waals surface area contributed by atoms with Crippen molar-refractivity contribution in [1.29, 1.82) is 0 Å². The van der Waals surface area contributed by atoms with Crippen molar-refractivity contribution >= 4 is 11.0 Å². The van der Waals surface area contributed by atoms with Crippen LogP contribution in [0.2, 0.25) is 0 Å². The molecule has 3 rings (SSSR count). The van der Waals surface area contributed by atoms with Gasteiger partial charge in [0, 0.05) is 5.56 Å². The molecule has 0 spiro atoms. The van der Waals surface area contributed by atoms with Gasteiger partial charge in [-0.1, -0.05) is 48.5 Å². The van der Waals surface area contributed by atoms with Gasteiger partial charge < -0.3 is 0 Å². The highest BCUT2D eigenvalue weighted by atomic mass is 32.2. The van der Waals surface area contributed by atoms with E-state index in [0.717, 1.165) is 0 Å². The maximum atomic E-state index is 6.26. The third-order valence-electron chi connectivity index (χ3n) is 3.04. The summed E-state index contributed by atoms with van der Waals surface area (Å²) < 4.78 is 11.1. The SMILES string of the molecule is CC(C)(C)N=[S@]1O[C@H](c2ccccc2)c2ccccc21. The smallest absolute Gasteiger partial charge is 0.125 e. The molecule has 2 nitrogen and oxygen atoms in total. The molecule has 2 aromatic carbocycles. The lowest BCUT2D eigenvalue weighted by Gasteiger charge is -2.14. The quantitative estimate of drug-likeness (QED) is 0.745. The molecule has 1 aliphatic rings. The largest absolute Gasteiger partial charge is 0.289 e. The summed E-state index contributed by atoms with van der Waals surface area (Å²) in [4.78, 5) is 1.22. The van der Waals surface area contributed by atoms with Crippen LogP contribution in [0.3, 0.4) is 0 Å². The maximum absolute atomic E-state index is 6.26. The Hall–Kier alpha value is -1.45. The van der Waals surface area contributed by atoms with Gasteiger partial charge in [0.1, 0.15) is 6.10 Å². The van der Waals surface area contributed by atoms with Crippen molar-refractivity contribution in [2.24, 2.45) is 4.36 Å². The van der Waals surface area contributed by atoms with Crippen LogP contribution in [-0.2, 0) is 15.2 Å². The number of hydrogen-bond acceptors (Lipinski definition) is 2. The minimum Gasteiger partial charge on any atom is -0.289 e. The fourth-order valence-electron chi connectivity index (χ4n) is 2.23. The first-order valence-corrected chi connectivity index (χ1v) is 7.93. The molecule has 0 unspecified atom stereocenters. The lowest BCUT2D eigenvalue weighted by atomic mass is 10.0. The summed E-state index contributed by atoms with van der Waals surface area (Å²) in [6.07, 6.45) is 0.00170. The van der Waals surface area contributed by atoms with Crippen molar-refractivity contribution in [3.63, 3.8) is 0 Å². The van der Waals surface area contributed by atoms with E-state index in [1.165, 1.54) is 16.0 Å². The minimum atomic E-state index is -0.477. The summed E-state index contributed by atoms with van der Waals surface area (Å²) in [6.45, 7) is 6.34. The standard InChI is InChI=1S/C17H19NOS/c1-17(2,3)18-20-15-12-8-7-11-14(15)16(19-20)13-9-5-4-6-10-13/h4-12,16H,1-3H3/t16-,20+/m1/s1. The molecule has 2 atom stereocenters. The fraction of sp³-hybridized carbons (Fsp3) is 0.294. The number of fused-ring (bicyclic) bond motifs is 1. The predicted molar refractivity (Wildman–Crippen MR) is 83.6 cm³/mol. The van der Waals surface area contributed by atoms with E-state index >= 15 is 0 Å². The summed E-state index contributed by atoms with van der Waals surface area (Å²) in [7, 11) is -0.477. The monoisotopic (exact) mass is 285 g/mol. The summed E-state index contributed by atoms with van der Waals surface area (Å²) in [5.74, 6) is 0. The lowest BCUT2D eigenvalue weighted by Crippen LogP contribution is -2.11. The highest BCUT2D eigenvalue weighted by Gasteiger charge is 2.30. The van der Waals surface area contributed by atoms with Gasteiger partial charge in [-0.05, 0) is 32.4 Å². The van der Waals surface area contributed by atoms with E-state index in [0.29, 0.717) is 0 Å². The van der Waals surface area contributed by atoms with Gasteiger partial charge in [0.25, 0.3) is 0 Å². The van der Waals surface area contributed by atoms with Gasteiger partial charge in [0.15, 0.2) is 0 Å². The Morgan fingerprint density at radius 2 is 1.60 bits per heavy atom. The Morgan fingerprint density at radius 1 is 0.950 bits per heavy atom. The van der Waals surface area contributed by atoms with Crippen LogP contribution in [0, 0.1) is 0 Å². The summed E-state index contributed by atoms with van der Waals surface area (Å²) in [5.41, 5.74) is 2.34. The molecule has 0 aromatic heterocycles. The van der Waals surface area contributed by atoms with Gasteiger partial charge in [-0.25, -0.2) is 4.36 Å².